The van der Waals surface area contributed by atoms with E-state index in [1.165, 1.54) is 37.7 Å². The molecule has 178 valence electrons. The van der Waals surface area contributed by atoms with Crippen LogP contribution in [0.15, 0.2) is 48.5 Å². The molecular formula is C26H32N6O2. The van der Waals surface area contributed by atoms with E-state index in [0.717, 1.165) is 55.1 Å². The van der Waals surface area contributed by atoms with E-state index in [1.807, 2.05) is 16.8 Å². The number of piperazine rings is 1. The van der Waals surface area contributed by atoms with Gasteiger partial charge in [0.25, 0.3) is 0 Å². The molecule has 1 aromatic heterocycles. The first-order valence-electron chi connectivity index (χ1n) is 12.5. The van der Waals surface area contributed by atoms with Crippen LogP contribution in [0, 0.1) is 0 Å². The quantitative estimate of drug-likeness (QED) is 0.558. The van der Waals surface area contributed by atoms with Crippen LogP contribution in [0.5, 0.6) is 11.5 Å². The van der Waals surface area contributed by atoms with Crippen molar-refractivity contribution in [2.75, 3.05) is 33.0 Å². The Labute approximate surface area is 200 Å². The number of nitrogens with zero attached hydrogens (tertiary/aromatic N) is 6. The van der Waals surface area contributed by atoms with Crippen molar-refractivity contribution in [2.24, 2.45) is 0 Å². The summed E-state index contributed by atoms with van der Waals surface area (Å²) in [5.41, 5.74) is 2.32. The highest BCUT2D eigenvalue weighted by molar-refractivity contribution is 5.44. The van der Waals surface area contributed by atoms with Crippen LogP contribution >= 0.6 is 0 Å². The molecular weight excluding hydrogens is 428 g/mol. The molecule has 2 fully saturated rings. The number of benzene rings is 2. The molecule has 0 spiro atoms. The van der Waals surface area contributed by atoms with Crippen LogP contribution in [-0.4, -0.2) is 69.0 Å². The lowest BCUT2D eigenvalue weighted by Crippen LogP contribution is -2.52. The second-order valence-corrected chi connectivity index (χ2v) is 9.56. The number of tetrazole rings is 1. The first kappa shape index (κ1) is 21.6. The van der Waals surface area contributed by atoms with Crippen LogP contribution in [0.25, 0.3) is 0 Å². The molecule has 2 aliphatic heterocycles. The van der Waals surface area contributed by atoms with Gasteiger partial charge in [0.1, 0.15) is 0 Å². The van der Waals surface area contributed by atoms with Gasteiger partial charge < -0.3 is 9.47 Å². The van der Waals surface area contributed by atoms with Gasteiger partial charge >= 0.3 is 0 Å². The summed E-state index contributed by atoms with van der Waals surface area (Å²) in [6.45, 7) is 5.12. The molecule has 0 amide bonds. The minimum atomic E-state index is 0.0266. The molecule has 6 rings (SSSR count). The maximum absolute atomic E-state index is 5.56. The Hall–Kier alpha value is -2.97. The van der Waals surface area contributed by atoms with Crippen molar-refractivity contribution in [3.8, 4) is 11.5 Å². The lowest BCUT2D eigenvalue weighted by atomic mass is 9.93. The first-order valence-corrected chi connectivity index (χ1v) is 12.5. The zero-order valence-corrected chi connectivity index (χ0v) is 19.6. The monoisotopic (exact) mass is 460 g/mol. The molecule has 8 nitrogen and oxygen atoms in total. The molecule has 8 heteroatoms. The summed E-state index contributed by atoms with van der Waals surface area (Å²) in [5, 5.41) is 13.0. The van der Waals surface area contributed by atoms with Crippen molar-refractivity contribution >= 4 is 0 Å². The number of fused-ring (bicyclic) bond motifs is 1. The fourth-order valence-corrected chi connectivity index (χ4v) is 5.70. The van der Waals surface area contributed by atoms with Gasteiger partial charge in [0, 0.05) is 32.2 Å². The molecule has 3 aromatic rings. The van der Waals surface area contributed by atoms with Gasteiger partial charge in [0.2, 0.25) is 6.79 Å². The van der Waals surface area contributed by atoms with Gasteiger partial charge in [-0.25, -0.2) is 4.68 Å². The largest absolute Gasteiger partial charge is 0.454 e. The molecule has 1 aliphatic carbocycles. The molecule has 1 saturated carbocycles. The molecule has 1 saturated heterocycles. The standard InChI is InChI=1S/C26H32N6O2/c1-3-7-21(8-4-1)25(31-15-13-30(14-16-31)22-9-5-2-6-10-22)26-27-28-29-32(26)18-20-11-12-23-24(17-20)34-19-33-23/h1,3-4,7-8,11-12,17,22,25H,2,5-6,9-10,13-16,18-19H2/t25-/m0/s1. The number of hydrogen-bond acceptors (Lipinski definition) is 7. The molecule has 0 N–H and O–H groups in total. The van der Waals surface area contributed by atoms with Crippen LogP contribution < -0.4 is 9.47 Å². The van der Waals surface area contributed by atoms with Crippen LogP contribution in [-0.2, 0) is 6.54 Å². The van der Waals surface area contributed by atoms with E-state index in [9.17, 15) is 0 Å². The van der Waals surface area contributed by atoms with Gasteiger partial charge in [-0.3, -0.25) is 9.80 Å². The molecule has 2 aromatic carbocycles. The normalized spacial score (nSPS) is 20.5. The summed E-state index contributed by atoms with van der Waals surface area (Å²) in [6, 6.07) is 17.5. The van der Waals surface area contributed by atoms with E-state index in [-0.39, 0.29) is 12.8 Å². The Morgan fingerprint density at radius 3 is 2.50 bits per heavy atom. The summed E-state index contributed by atoms with van der Waals surface area (Å²) in [4.78, 5) is 5.27. The van der Waals surface area contributed by atoms with Crippen molar-refractivity contribution < 1.29 is 9.47 Å². The zero-order chi connectivity index (χ0) is 22.7. The Morgan fingerprint density at radius 1 is 0.882 bits per heavy atom. The Balaban J connectivity index is 1.24. The van der Waals surface area contributed by atoms with Gasteiger partial charge in [-0.15, -0.1) is 5.10 Å². The molecule has 3 aliphatic rings. The van der Waals surface area contributed by atoms with Gasteiger partial charge in [-0.1, -0.05) is 55.7 Å². The van der Waals surface area contributed by atoms with Crippen LogP contribution in [0.3, 0.4) is 0 Å². The molecule has 1 atom stereocenters. The average Bonchev–Trinajstić information content (AvgIpc) is 3.55. The minimum Gasteiger partial charge on any atom is -0.454 e. The predicted molar refractivity (Wildman–Crippen MR) is 128 cm³/mol. The Bertz CT molecular complexity index is 1090. The average molecular weight is 461 g/mol. The third-order valence-corrected chi connectivity index (χ3v) is 7.49. The third-order valence-electron chi connectivity index (χ3n) is 7.49. The maximum atomic E-state index is 5.56. The fraction of sp³-hybridized carbons (Fsp3) is 0.500. The van der Waals surface area contributed by atoms with E-state index in [4.69, 9.17) is 9.47 Å². The fourth-order valence-electron chi connectivity index (χ4n) is 5.70. The van der Waals surface area contributed by atoms with Gasteiger partial charge in [-0.2, -0.15) is 0 Å². The van der Waals surface area contributed by atoms with E-state index in [0.29, 0.717) is 6.54 Å². The molecule has 0 unspecified atom stereocenters. The van der Waals surface area contributed by atoms with Crippen LogP contribution in [0.1, 0.15) is 55.1 Å². The van der Waals surface area contributed by atoms with E-state index < -0.39 is 0 Å². The predicted octanol–water partition coefficient (Wildman–Crippen LogP) is 3.49. The highest BCUT2D eigenvalue weighted by Gasteiger charge is 2.32. The zero-order valence-electron chi connectivity index (χ0n) is 19.6. The number of ether oxygens (including phenoxy) is 2. The third kappa shape index (κ3) is 4.40. The lowest BCUT2D eigenvalue weighted by molar-refractivity contribution is 0.0620. The summed E-state index contributed by atoms with van der Waals surface area (Å²) < 4.78 is 13.0. The van der Waals surface area contributed by atoms with Gasteiger partial charge in [-0.05, 0) is 46.5 Å². The second kappa shape index (κ2) is 9.72. The van der Waals surface area contributed by atoms with Crippen molar-refractivity contribution in [1.82, 2.24) is 30.0 Å². The van der Waals surface area contributed by atoms with Crippen molar-refractivity contribution in [1.29, 1.82) is 0 Å². The molecule has 3 heterocycles. The topological polar surface area (TPSA) is 68.5 Å². The summed E-state index contributed by atoms with van der Waals surface area (Å²) >= 11 is 0. The summed E-state index contributed by atoms with van der Waals surface area (Å²) in [6.07, 6.45) is 6.88. The highest BCUT2D eigenvalue weighted by Crippen LogP contribution is 2.34. The van der Waals surface area contributed by atoms with Crippen LogP contribution in [0.4, 0.5) is 0 Å². The summed E-state index contributed by atoms with van der Waals surface area (Å²) in [7, 11) is 0. The minimum absolute atomic E-state index is 0.0266. The molecule has 34 heavy (non-hydrogen) atoms. The van der Waals surface area contributed by atoms with Crippen molar-refractivity contribution in [3.63, 3.8) is 0 Å². The van der Waals surface area contributed by atoms with E-state index in [2.05, 4.69) is 61.7 Å². The highest BCUT2D eigenvalue weighted by atomic mass is 16.7. The number of rotatable bonds is 6. The van der Waals surface area contributed by atoms with E-state index in [1.54, 1.807) is 0 Å². The Morgan fingerprint density at radius 2 is 1.68 bits per heavy atom. The van der Waals surface area contributed by atoms with Crippen molar-refractivity contribution in [3.05, 3.63) is 65.5 Å². The SMILES string of the molecule is c1ccc([C@@H](c2nnnn2Cc2ccc3c(c2)OCO3)N2CCN(C3CCCCC3)CC2)cc1. The summed E-state index contributed by atoms with van der Waals surface area (Å²) in [5.74, 6) is 2.46. The number of aromatic nitrogens is 4. The molecule has 0 bridgehead atoms. The Kier molecular flexibility index (Phi) is 6.16. The van der Waals surface area contributed by atoms with Gasteiger partial charge in [0.05, 0.1) is 12.6 Å². The second-order valence-electron chi connectivity index (χ2n) is 9.56. The number of hydrogen-bond donors (Lipinski definition) is 0. The maximum Gasteiger partial charge on any atom is 0.231 e. The van der Waals surface area contributed by atoms with Gasteiger partial charge in [0.15, 0.2) is 17.3 Å². The van der Waals surface area contributed by atoms with Crippen molar-refractivity contribution in [2.45, 2.75) is 50.7 Å². The van der Waals surface area contributed by atoms with E-state index >= 15 is 0 Å². The lowest BCUT2D eigenvalue weighted by Gasteiger charge is -2.43. The molecule has 0 radical (unpaired) electrons. The smallest absolute Gasteiger partial charge is 0.231 e. The van der Waals surface area contributed by atoms with Crippen LogP contribution in [0.2, 0.25) is 0 Å². The first-order chi connectivity index (χ1) is 16.8.